The number of hydrogen-bond acceptors (Lipinski definition) is 4. The molecule has 2 N–H and O–H groups in total. The number of likely N-dealkylation sites (tertiary alicyclic amines) is 1. The minimum Gasteiger partial charge on any atom is -0.459 e. The highest BCUT2D eigenvalue weighted by atomic mass is 127. The molecule has 8 heteroatoms. The Hall–Kier alpha value is -1.06. The van der Waals surface area contributed by atoms with Gasteiger partial charge in [-0.2, -0.15) is 0 Å². The van der Waals surface area contributed by atoms with Gasteiger partial charge in [-0.05, 0) is 33.6 Å². The van der Waals surface area contributed by atoms with Gasteiger partial charge < -0.3 is 20.3 Å². The summed E-state index contributed by atoms with van der Waals surface area (Å²) in [4.78, 5) is 29.8. The largest absolute Gasteiger partial charge is 0.459 e. The second kappa shape index (κ2) is 8.35. The van der Waals surface area contributed by atoms with Crippen LogP contribution in [0.3, 0.4) is 0 Å². The van der Waals surface area contributed by atoms with E-state index >= 15 is 0 Å². The molecule has 2 rings (SSSR count). The van der Waals surface area contributed by atoms with Crippen LogP contribution in [0.2, 0.25) is 0 Å². The SMILES string of the molecule is CN=C(NCC(=O)OC(C)(C)C)N1CCCC2(CNC(=O)C2)C1.I. The van der Waals surface area contributed by atoms with Gasteiger partial charge >= 0.3 is 5.97 Å². The van der Waals surface area contributed by atoms with Crippen LogP contribution in [0, 0.1) is 5.41 Å². The summed E-state index contributed by atoms with van der Waals surface area (Å²) < 4.78 is 5.30. The Morgan fingerprint density at radius 2 is 2.17 bits per heavy atom. The van der Waals surface area contributed by atoms with Crippen LogP contribution in [0.1, 0.15) is 40.0 Å². The predicted molar refractivity (Wildman–Crippen MR) is 103 cm³/mol. The zero-order chi connectivity index (χ0) is 17.1. The summed E-state index contributed by atoms with van der Waals surface area (Å²) in [6.07, 6.45) is 2.64. The van der Waals surface area contributed by atoms with Gasteiger partial charge in [0.2, 0.25) is 5.91 Å². The molecule has 0 aliphatic carbocycles. The number of nitrogens with zero attached hydrogens (tertiary/aromatic N) is 2. The number of rotatable bonds is 2. The first-order chi connectivity index (χ1) is 10.7. The lowest BCUT2D eigenvalue weighted by atomic mass is 9.79. The number of hydrogen-bond donors (Lipinski definition) is 2. The van der Waals surface area contributed by atoms with Crippen molar-refractivity contribution in [1.29, 1.82) is 0 Å². The van der Waals surface area contributed by atoms with Gasteiger partial charge in [-0.1, -0.05) is 0 Å². The molecule has 24 heavy (non-hydrogen) atoms. The Bertz CT molecular complexity index is 504. The van der Waals surface area contributed by atoms with Crippen LogP contribution in [0.15, 0.2) is 4.99 Å². The van der Waals surface area contributed by atoms with E-state index in [2.05, 4.69) is 20.5 Å². The molecule has 1 unspecified atom stereocenters. The fourth-order valence-corrected chi connectivity index (χ4v) is 3.29. The van der Waals surface area contributed by atoms with Crippen LogP contribution in [0.25, 0.3) is 0 Å². The Labute approximate surface area is 161 Å². The van der Waals surface area contributed by atoms with Crippen LogP contribution in [0.4, 0.5) is 0 Å². The molecule has 0 aromatic rings. The molecular formula is C16H29IN4O3. The molecule has 0 saturated carbocycles. The molecule has 0 radical (unpaired) electrons. The van der Waals surface area contributed by atoms with Crippen molar-refractivity contribution < 1.29 is 14.3 Å². The van der Waals surface area contributed by atoms with Crippen molar-refractivity contribution in [2.24, 2.45) is 10.4 Å². The fraction of sp³-hybridized carbons (Fsp3) is 0.812. The quantitative estimate of drug-likeness (QED) is 0.284. The summed E-state index contributed by atoms with van der Waals surface area (Å²) in [6, 6.07) is 0. The number of guanidine groups is 1. The van der Waals surface area contributed by atoms with Crippen LogP contribution >= 0.6 is 24.0 Å². The number of carbonyl (C=O) groups excluding carboxylic acids is 2. The van der Waals surface area contributed by atoms with E-state index in [9.17, 15) is 9.59 Å². The molecule has 2 aliphatic heterocycles. The Kier molecular flexibility index (Phi) is 7.30. The topological polar surface area (TPSA) is 83.0 Å². The van der Waals surface area contributed by atoms with E-state index in [1.54, 1.807) is 7.05 Å². The third-order valence-corrected chi connectivity index (χ3v) is 4.18. The second-order valence-electron chi connectivity index (χ2n) is 7.47. The van der Waals surface area contributed by atoms with Crippen LogP contribution in [-0.2, 0) is 14.3 Å². The summed E-state index contributed by atoms with van der Waals surface area (Å²) in [5, 5.41) is 6.01. The minimum atomic E-state index is -0.493. The summed E-state index contributed by atoms with van der Waals surface area (Å²) in [5.74, 6) is 0.515. The van der Waals surface area contributed by atoms with Gasteiger partial charge in [-0.25, -0.2) is 0 Å². The standard InChI is InChI=1S/C16H28N4O3.HI/c1-15(2,3)23-13(22)9-18-14(17-4)20-7-5-6-16(11-20)8-12(21)19-10-16;/h5-11H2,1-4H3,(H,17,18)(H,19,21);1H. The van der Waals surface area contributed by atoms with Gasteiger partial charge in [0, 0.05) is 38.5 Å². The lowest BCUT2D eigenvalue weighted by Gasteiger charge is -2.40. The van der Waals surface area contributed by atoms with Gasteiger partial charge in [0.1, 0.15) is 12.1 Å². The van der Waals surface area contributed by atoms with Gasteiger partial charge in [-0.15, -0.1) is 24.0 Å². The van der Waals surface area contributed by atoms with E-state index in [-0.39, 0.29) is 47.8 Å². The molecule has 138 valence electrons. The first-order valence-electron chi connectivity index (χ1n) is 8.17. The fourth-order valence-electron chi connectivity index (χ4n) is 3.29. The maximum absolute atomic E-state index is 11.8. The van der Waals surface area contributed by atoms with Gasteiger partial charge in [-0.3, -0.25) is 14.6 Å². The van der Waals surface area contributed by atoms with Crippen molar-refractivity contribution >= 4 is 41.8 Å². The Balaban J connectivity index is 0.00000288. The number of ether oxygens (including phenoxy) is 1. The molecule has 1 spiro atoms. The van der Waals surface area contributed by atoms with Crippen molar-refractivity contribution in [3.8, 4) is 0 Å². The van der Waals surface area contributed by atoms with Gasteiger partial charge in [0.15, 0.2) is 5.96 Å². The first kappa shape index (κ1) is 21.0. The monoisotopic (exact) mass is 452 g/mol. The van der Waals surface area contributed by atoms with Crippen molar-refractivity contribution in [3.05, 3.63) is 0 Å². The van der Waals surface area contributed by atoms with Crippen molar-refractivity contribution in [2.75, 3.05) is 33.2 Å². The number of carbonyl (C=O) groups is 2. The molecule has 2 heterocycles. The molecule has 0 aromatic carbocycles. The molecule has 0 aromatic heterocycles. The Morgan fingerprint density at radius 1 is 1.46 bits per heavy atom. The summed E-state index contributed by atoms with van der Waals surface area (Å²) in [5.41, 5.74) is -0.494. The highest BCUT2D eigenvalue weighted by Crippen LogP contribution is 2.35. The van der Waals surface area contributed by atoms with Gasteiger partial charge in [0.05, 0.1) is 0 Å². The lowest BCUT2D eigenvalue weighted by molar-refractivity contribution is -0.153. The highest BCUT2D eigenvalue weighted by molar-refractivity contribution is 14.0. The normalized spacial score (nSPS) is 24.4. The average molecular weight is 452 g/mol. The van der Waals surface area contributed by atoms with E-state index in [4.69, 9.17) is 4.74 Å². The number of amides is 1. The van der Waals surface area contributed by atoms with Crippen molar-refractivity contribution in [1.82, 2.24) is 15.5 Å². The molecule has 1 amide bonds. The van der Waals surface area contributed by atoms with Gasteiger partial charge in [0.25, 0.3) is 0 Å². The third-order valence-electron chi connectivity index (χ3n) is 4.18. The average Bonchev–Trinajstić information content (AvgIpc) is 2.78. The zero-order valence-corrected chi connectivity index (χ0v) is 17.3. The van der Waals surface area contributed by atoms with E-state index in [1.165, 1.54) is 0 Å². The highest BCUT2D eigenvalue weighted by Gasteiger charge is 2.42. The van der Waals surface area contributed by atoms with E-state index in [0.717, 1.165) is 32.5 Å². The predicted octanol–water partition coefficient (Wildman–Crippen LogP) is 1.12. The summed E-state index contributed by atoms with van der Waals surface area (Å²) in [6.45, 7) is 8.01. The molecule has 1 atom stereocenters. The minimum absolute atomic E-state index is 0. The van der Waals surface area contributed by atoms with E-state index in [1.807, 2.05) is 20.8 Å². The molecule has 2 fully saturated rings. The molecule has 0 bridgehead atoms. The third kappa shape index (κ3) is 5.78. The van der Waals surface area contributed by atoms with E-state index in [0.29, 0.717) is 12.4 Å². The first-order valence-corrected chi connectivity index (χ1v) is 8.17. The molecule has 2 aliphatic rings. The molecule has 2 saturated heterocycles. The summed E-state index contributed by atoms with van der Waals surface area (Å²) in [7, 11) is 1.71. The maximum atomic E-state index is 11.8. The van der Waals surface area contributed by atoms with Crippen molar-refractivity contribution in [2.45, 2.75) is 45.6 Å². The number of piperidine rings is 1. The molecular weight excluding hydrogens is 423 g/mol. The number of esters is 1. The molecule has 7 nitrogen and oxygen atoms in total. The van der Waals surface area contributed by atoms with Crippen LogP contribution < -0.4 is 10.6 Å². The second-order valence-corrected chi connectivity index (χ2v) is 7.47. The number of halogens is 1. The Morgan fingerprint density at radius 3 is 2.71 bits per heavy atom. The van der Waals surface area contributed by atoms with Crippen molar-refractivity contribution in [3.63, 3.8) is 0 Å². The number of nitrogens with one attached hydrogen (secondary N) is 2. The smallest absolute Gasteiger partial charge is 0.325 e. The van der Waals surface area contributed by atoms with E-state index < -0.39 is 5.60 Å². The summed E-state index contributed by atoms with van der Waals surface area (Å²) >= 11 is 0. The number of aliphatic imine (C=N–C) groups is 1. The lowest BCUT2D eigenvalue weighted by Crippen LogP contribution is -2.52. The zero-order valence-electron chi connectivity index (χ0n) is 15.0. The van der Waals surface area contributed by atoms with Crippen LogP contribution in [-0.4, -0.2) is 61.6 Å². The van der Waals surface area contributed by atoms with Crippen LogP contribution in [0.5, 0.6) is 0 Å². The maximum Gasteiger partial charge on any atom is 0.325 e.